The molecule has 0 radical (unpaired) electrons. The highest BCUT2D eigenvalue weighted by atomic mass is 35.5. The Morgan fingerprint density at radius 2 is 2.06 bits per heavy atom. The van der Waals surface area contributed by atoms with Crippen LogP contribution < -0.4 is 0 Å². The Kier molecular flexibility index (Phi) is 4.28. The maximum Gasteiger partial charge on any atom is 0.254 e. The van der Waals surface area contributed by atoms with Crippen LogP contribution in [0.15, 0.2) is 18.2 Å². The van der Waals surface area contributed by atoms with E-state index < -0.39 is 0 Å². The van der Waals surface area contributed by atoms with Gasteiger partial charge in [0.25, 0.3) is 5.91 Å². The van der Waals surface area contributed by atoms with E-state index in [1.54, 1.807) is 0 Å². The molecule has 1 amide bonds. The first-order valence-electron chi connectivity index (χ1n) is 6.55. The number of alkyl halides is 1. The smallest absolute Gasteiger partial charge is 0.254 e. The van der Waals surface area contributed by atoms with E-state index in [4.69, 9.17) is 11.6 Å². The molecule has 3 heteroatoms. The molecule has 0 aliphatic carbocycles. The number of carbonyl (C=O) groups excluding carboxylic acids is 1. The molecule has 0 spiro atoms. The quantitative estimate of drug-likeness (QED) is 0.767. The van der Waals surface area contributed by atoms with Crippen molar-refractivity contribution in [3.8, 4) is 0 Å². The fraction of sp³-hybridized carbons (Fsp3) is 0.533. The lowest BCUT2D eigenvalue weighted by Gasteiger charge is -2.19. The lowest BCUT2D eigenvalue weighted by molar-refractivity contribution is 0.0785. The molecule has 0 aromatic heterocycles. The SMILES string of the molecule is Cc1cccc(C)c1C(=O)N1CCC(CCCl)C1. The van der Waals surface area contributed by atoms with Crippen molar-refractivity contribution in [1.29, 1.82) is 0 Å². The molecule has 1 fully saturated rings. The first kappa shape index (κ1) is 13.4. The number of nitrogens with zero attached hydrogens (tertiary/aromatic N) is 1. The monoisotopic (exact) mass is 265 g/mol. The van der Waals surface area contributed by atoms with Crippen molar-refractivity contribution in [2.45, 2.75) is 26.7 Å². The fourth-order valence-electron chi connectivity index (χ4n) is 2.72. The normalized spacial score (nSPS) is 19.3. The maximum absolute atomic E-state index is 12.5. The first-order valence-corrected chi connectivity index (χ1v) is 7.08. The average molecular weight is 266 g/mol. The summed E-state index contributed by atoms with van der Waals surface area (Å²) in [6.07, 6.45) is 2.10. The number of likely N-dealkylation sites (tertiary alicyclic amines) is 1. The van der Waals surface area contributed by atoms with Crippen LogP contribution in [0.4, 0.5) is 0 Å². The second-order valence-electron chi connectivity index (χ2n) is 5.15. The molecule has 0 bridgehead atoms. The number of rotatable bonds is 3. The lowest BCUT2D eigenvalue weighted by atomic mass is 10.0. The minimum absolute atomic E-state index is 0.183. The summed E-state index contributed by atoms with van der Waals surface area (Å²) in [6, 6.07) is 6.01. The zero-order valence-electron chi connectivity index (χ0n) is 11.1. The minimum atomic E-state index is 0.183. The molecule has 98 valence electrons. The molecule has 1 atom stereocenters. The summed E-state index contributed by atoms with van der Waals surface area (Å²) in [7, 11) is 0. The van der Waals surface area contributed by atoms with Gasteiger partial charge < -0.3 is 4.90 Å². The number of halogens is 1. The van der Waals surface area contributed by atoms with Crippen LogP contribution in [0.2, 0.25) is 0 Å². The van der Waals surface area contributed by atoms with E-state index in [1.807, 2.05) is 36.9 Å². The first-order chi connectivity index (χ1) is 8.63. The van der Waals surface area contributed by atoms with E-state index in [0.717, 1.165) is 42.6 Å². The predicted molar refractivity (Wildman–Crippen MR) is 75.3 cm³/mol. The van der Waals surface area contributed by atoms with Crippen molar-refractivity contribution in [2.75, 3.05) is 19.0 Å². The molecule has 1 saturated heterocycles. The second-order valence-corrected chi connectivity index (χ2v) is 5.53. The van der Waals surface area contributed by atoms with Crippen LogP contribution in [0, 0.1) is 19.8 Å². The second kappa shape index (κ2) is 5.75. The van der Waals surface area contributed by atoms with Gasteiger partial charge in [0.2, 0.25) is 0 Å². The number of hydrogen-bond acceptors (Lipinski definition) is 1. The molecule has 18 heavy (non-hydrogen) atoms. The van der Waals surface area contributed by atoms with Gasteiger partial charge in [0, 0.05) is 24.5 Å². The molecular weight excluding hydrogens is 246 g/mol. The van der Waals surface area contributed by atoms with Gasteiger partial charge in [0.05, 0.1) is 0 Å². The Bertz CT molecular complexity index is 424. The third-order valence-corrected chi connectivity index (χ3v) is 4.00. The minimum Gasteiger partial charge on any atom is -0.338 e. The lowest BCUT2D eigenvalue weighted by Crippen LogP contribution is -2.30. The molecule has 1 aliphatic heterocycles. The number of hydrogen-bond donors (Lipinski definition) is 0. The van der Waals surface area contributed by atoms with Gasteiger partial charge in [-0.25, -0.2) is 0 Å². The van der Waals surface area contributed by atoms with Crippen LogP contribution in [-0.4, -0.2) is 29.8 Å². The summed E-state index contributed by atoms with van der Waals surface area (Å²) in [5.74, 6) is 1.45. The molecule has 1 aliphatic rings. The number of benzene rings is 1. The number of carbonyl (C=O) groups is 1. The largest absolute Gasteiger partial charge is 0.338 e. The Morgan fingerprint density at radius 1 is 1.39 bits per heavy atom. The predicted octanol–water partition coefficient (Wildman–Crippen LogP) is 3.39. The molecule has 2 rings (SSSR count). The van der Waals surface area contributed by atoms with Gasteiger partial charge in [0.1, 0.15) is 0 Å². The molecule has 1 heterocycles. The highest BCUT2D eigenvalue weighted by Crippen LogP contribution is 2.24. The van der Waals surface area contributed by atoms with E-state index in [2.05, 4.69) is 0 Å². The summed E-state index contributed by atoms with van der Waals surface area (Å²) in [5, 5.41) is 0. The molecule has 0 saturated carbocycles. The van der Waals surface area contributed by atoms with Crippen LogP contribution in [-0.2, 0) is 0 Å². The van der Waals surface area contributed by atoms with E-state index >= 15 is 0 Å². The van der Waals surface area contributed by atoms with Crippen molar-refractivity contribution in [3.05, 3.63) is 34.9 Å². The van der Waals surface area contributed by atoms with Gasteiger partial charge in [-0.3, -0.25) is 4.79 Å². The summed E-state index contributed by atoms with van der Waals surface area (Å²) >= 11 is 5.77. The molecule has 1 aromatic carbocycles. The average Bonchev–Trinajstić information content (AvgIpc) is 2.78. The van der Waals surface area contributed by atoms with Gasteiger partial charge in [0.15, 0.2) is 0 Å². The van der Waals surface area contributed by atoms with E-state index in [1.165, 1.54) is 0 Å². The third kappa shape index (κ3) is 2.69. The Balaban J connectivity index is 2.13. The zero-order valence-corrected chi connectivity index (χ0v) is 11.8. The van der Waals surface area contributed by atoms with Crippen LogP contribution in [0.3, 0.4) is 0 Å². The maximum atomic E-state index is 12.5. The summed E-state index contributed by atoms with van der Waals surface area (Å²) in [4.78, 5) is 14.5. The van der Waals surface area contributed by atoms with Crippen LogP contribution in [0.1, 0.15) is 34.3 Å². The Labute approximate surface area is 114 Å². The van der Waals surface area contributed by atoms with Crippen molar-refractivity contribution >= 4 is 17.5 Å². The van der Waals surface area contributed by atoms with Crippen molar-refractivity contribution in [3.63, 3.8) is 0 Å². The van der Waals surface area contributed by atoms with Gasteiger partial charge in [-0.15, -0.1) is 11.6 Å². The molecular formula is C15H20ClNO. The molecule has 0 N–H and O–H groups in total. The topological polar surface area (TPSA) is 20.3 Å². The standard InChI is InChI=1S/C15H20ClNO/c1-11-4-3-5-12(2)14(11)15(18)17-9-7-13(10-17)6-8-16/h3-5,13H,6-10H2,1-2H3. The van der Waals surface area contributed by atoms with Gasteiger partial charge in [-0.1, -0.05) is 18.2 Å². The van der Waals surface area contributed by atoms with Gasteiger partial charge >= 0.3 is 0 Å². The number of amides is 1. The Morgan fingerprint density at radius 3 is 2.67 bits per heavy atom. The van der Waals surface area contributed by atoms with Gasteiger partial charge in [-0.05, 0) is 43.7 Å². The van der Waals surface area contributed by atoms with Crippen LogP contribution in [0.5, 0.6) is 0 Å². The van der Waals surface area contributed by atoms with E-state index in [0.29, 0.717) is 11.8 Å². The Hall–Kier alpha value is -1.02. The number of aryl methyl sites for hydroxylation is 2. The fourth-order valence-corrected chi connectivity index (χ4v) is 3.03. The van der Waals surface area contributed by atoms with Crippen LogP contribution >= 0.6 is 11.6 Å². The highest BCUT2D eigenvalue weighted by molar-refractivity contribution is 6.17. The third-order valence-electron chi connectivity index (χ3n) is 3.79. The summed E-state index contributed by atoms with van der Waals surface area (Å²) < 4.78 is 0. The summed E-state index contributed by atoms with van der Waals surface area (Å²) in [6.45, 7) is 5.74. The molecule has 2 nitrogen and oxygen atoms in total. The van der Waals surface area contributed by atoms with Gasteiger partial charge in [-0.2, -0.15) is 0 Å². The highest BCUT2D eigenvalue weighted by Gasteiger charge is 2.27. The van der Waals surface area contributed by atoms with E-state index in [9.17, 15) is 4.79 Å². The van der Waals surface area contributed by atoms with Crippen molar-refractivity contribution in [1.82, 2.24) is 4.90 Å². The zero-order chi connectivity index (χ0) is 13.1. The van der Waals surface area contributed by atoms with Crippen molar-refractivity contribution in [2.24, 2.45) is 5.92 Å². The van der Waals surface area contributed by atoms with Crippen LogP contribution in [0.25, 0.3) is 0 Å². The summed E-state index contributed by atoms with van der Waals surface area (Å²) in [5.41, 5.74) is 3.02. The molecule has 1 aromatic rings. The van der Waals surface area contributed by atoms with Crippen molar-refractivity contribution < 1.29 is 4.79 Å². The molecule has 1 unspecified atom stereocenters. The van der Waals surface area contributed by atoms with E-state index in [-0.39, 0.29) is 5.91 Å².